The first-order chi connectivity index (χ1) is 9.60. The van der Waals surface area contributed by atoms with Gasteiger partial charge in [0.25, 0.3) is 0 Å². The Balaban J connectivity index is 2.00. The van der Waals surface area contributed by atoms with E-state index in [2.05, 4.69) is 28.1 Å². The fraction of sp³-hybridized carbons (Fsp3) is 0.250. The van der Waals surface area contributed by atoms with Gasteiger partial charge in [-0.15, -0.1) is 0 Å². The summed E-state index contributed by atoms with van der Waals surface area (Å²) in [7, 11) is 1.67. The van der Waals surface area contributed by atoms with Crippen molar-refractivity contribution in [2.24, 2.45) is 5.73 Å². The maximum Gasteiger partial charge on any atom is 0.118 e. The van der Waals surface area contributed by atoms with Crippen LogP contribution >= 0.6 is 27.5 Å². The van der Waals surface area contributed by atoms with Crippen LogP contribution in [0, 0.1) is 0 Å². The Bertz CT molecular complexity index is 571. The highest BCUT2D eigenvalue weighted by molar-refractivity contribution is 9.10. The summed E-state index contributed by atoms with van der Waals surface area (Å²) in [4.78, 5) is 0. The maximum absolute atomic E-state index is 6.24. The average Bonchev–Trinajstić information content (AvgIpc) is 2.47. The normalized spacial score (nSPS) is 12.2. The zero-order valence-electron chi connectivity index (χ0n) is 11.3. The molecule has 2 nitrogen and oxygen atoms in total. The lowest BCUT2D eigenvalue weighted by Crippen LogP contribution is -2.12. The molecule has 2 aromatic rings. The Morgan fingerprint density at radius 3 is 2.55 bits per heavy atom. The molecular formula is C16H17BrClNO. The molecule has 2 aromatic carbocycles. The SMILES string of the molecule is COc1ccc(CCC(N)c2cc(Br)ccc2Cl)cc1. The quantitative estimate of drug-likeness (QED) is 0.841. The third kappa shape index (κ3) is 3.98. The number of halogens is 2. The molecule has 0 bridgehead atoms. The van der Waals surface area contributed by atoms with E-state index in [0.29, 0.717) is 0 Å². The lowest BCUT2D eigenvalue weighted by molar-refractivity contribution is 0.414. The fourth-order valence-corrected chi connectivity index (χ4v) is 2.71. The van der Waals surface area contributed by atoms with Gasteiger partial charge in [-0.3, -0.25) is 0 Å². The van der Waals surface area contributed by atoms with Gasteiger partial charge in [-0.2, -0.15) is 0 Å². The zero-order chi connectivity index (χ0) is 14.5. The van der Waals surface area contributed by atoms with Crippen molar-refractivity contribution in [2.75, 3.05) is 7.11 Å². The molecule has 0 amide bonds. The van der Waals surface area contributed by atoms with E-state index in [-0.39, 0.29) is 6.04 Å². The molecule has 2 rings (SSSR count). The van der Waals surface area contributed by atoms with Crippen molar-refractivity contribution in [2.45, 2.75) is 18.9 Å². The zero-order valence-corrected chi connectivity index (χ0v) is 13.6. The van der Waals surface area contributed by atoms with Crippen molar-refractivity contribution < 1.29 is 4.74 Å². The molecule has 0 saturated carbocycles. The molecule has 0 aliphatic rings. The minimum absolute atomic E-state index is 0.0675. The predicted molar refractivity (Wildman–Crippen MR) is 87.4 cm³/mol. The van der Waals surface area contributed by atoms with Gasteiger partial charge >= 0.3 is 0 Å². The first-order valence-electron chi connectivity index (χ1n) is 6.43. The summed E-state index contributed by atoms with van der Waals surface area (Å²) in [5, 5.41) is 0.718. The second-order valence-electron chi connectivity index (χ2n) is 4.66. The molecule has 0 saturated heterocycles. The molecule has 4 heteroatoms. The van der Waals surface area contributed by atoms with Crippen molar-refractivity contribution in [1.29, 1.82) is 0 Å². The molecule has 1 atom stereocenters. The minimum atomic E-state index is -0.0675. The lowest BCUT2D eigenvalue weighted by atomic mass is 10.00. The van der Waals surface area contributed by atoms with Crippen molar-refractivity contribution in [3.8, 4) is 5.75 Å². The monoisotopic (exact) mass is 353 g/mol. The fourth-order valence-electron chi connectivity index (χ4n) is 2.07. The van der Waals surface area contributed by atoms with Crippen LogP contribution in [0.4, 0.5) is 0 Å². The average molecular weight is 355 g/mol. The van der Waals surface area contributed by atoms with Crippen LogP contribution in [0.1, 0.15) is 23.6 Å². The highest BCUT2D eigenvalue weighted by Crippen LogP contribution is 2.28. The van der Waals surface area contributed by atoms with Gasteiger partial charge in [0.2, 0.25) is 0 Å². The van der Waals surface area contributed by atoms with Crippen LogP contribution in [0.3, 0.4) is 0 Å². The molecule has 0 heterocycles. The van der Waals surface area contributed by atoms with Crippen molar-refractivity contribution in [3.63, 3.8) is 0 Å². The van der Waals surface area contributed by atoms with E-state index in [1.165, 1.54) is 5.56 Å². The van der Waals surface area contributed by atoms with Crippen LogP contribution in [0.5, 0.6) is 5.75 Å². The number of hydrogen-bond donors (Lipinski definition) is 1. The maximum atomic E-state index is 6.24. The molecule has 0 fully saturated rings. The second-order valence-corrected chi connectivity index (χ2v) is 5.98. The molecule has 20 heavy (non-hydrogen) atoms. The highest BCUT2D eigenvalue weighted by Gasteiger charge is 2.11. The number of nitrogens with two attached hydrogens (primary N) is 1. The molecule has 1 unspecified atom stereocenters. The molecular weight excluding hydrogens is 338 g/mol. The van der Waals surface area contributed by atoms with Crippen molar-refractivity contribution >= 4 is 27.5 Å². The van der Waals surface area contributed by atoms with Gasteiger partial charge in [-0.05, 0) is 54.3 Å². The van der Waals surface area contributed by atoms with Crippen LogP contribution in [-0.2, 0) is 6.42 Å². The minimum Gasteiger partial charge on any atom is -0.497 e. The Morgan fingerprint density at radius 1 is 1.20 bits per heavy atom. The molecule has 0 aliphatic carbocycles. The highest BCUT2D eigenvalue weighted by atomic mass is 79.9. The van der Waals surface area contributed by atoms with Crippen molar-refractivity contribution in [1.82, 2.24) is 0 Å². The van der Waals surface area contributed by atoms with Gasteiger partial charge in [-0.25, -0.2) is 0 Å². The summed E-state index contributed by atoms with van der Waals surface area (Å²) in [6.07, 6.45) is 1.76. The Morgan fingerprint density at radius 2 is 1.90 bits per heavy atom. The number of ether oxygens (including phenoxy) is 1. The summed E-state index contributed by atoms with van der Waals surface area (Å²) in [6.45, 7) is 0. The summed E-state index contributed by atoms with van der Waals surface area (Å²) in [5.41, 5.74) is 8.46. The van der Waals surface area contributed by atoms with Crippen molar-refractivity contribution in [3.05, 3.63) is 63.1 Å². The van der Waals surface area contributed by atoms with Gasteiger partial charge in [0.15, 0.2) is 0 Å². The van der Waals surface area contributed by atoms with Crippen LogP contribution in [0.2, 0.25) is 5.02 Å². The summed E-state index contributed by atoms with van der Waals surface area (Å²) in [5.74, 6) is 0.869. The van der Waals surface area contributed by atoms with Gasteiger partial charge in [0.05, 0.1) is 7.11 Å². The summed E-state index contributed by atoms with van der Waals surface area (Å²) in [6, 6.07) is 13.8. The van der Waals surface area contributed by atoms with E-state index in [1.807, 2.05) is 30.3 Å². The van der Waals surface area contributed by atoms with E-state index >= 15 is 0 Å². The molecule has 0 aromatic heterocycles. The van der Waals surface area contributed by atoms with Crippen LogP contribution in [0.25, 0.3) is 0 Å². The molecule has 2 N–H and O–H groups in total. The Labute approximate surface area is 133 Å². The number of hydrogen-bond acceptors (Lipinski definition) is 2. The standard InChI is InChI=1S/C16H17BrClNO/c1-20-13-6-2-11(3-7-13)4-9-16(19)14-10-12(17)5-8-15(14)18/h2-3,5-8,10,16H,4,9,19H2,1H3. The number of aryl methyl sites for hydroxylation is 1. The number of rotatable bonds is 5. The second kappa shape index (κ2) is 7.11. The topological polar surface area (TPSA) is 35.2 Å². The number of methoxy groups -OCH3 is 1. The van der Waals surface area contributed by atoms with Gasteiger partial charge in [-0.1, -0.05) is 39.7 Å². The molecule has 0 spiro atoms. The number of benzene rings is 2. The summed E-state index contributed by atoms with van der Waals surface area (Å²) >= 11 is 9.64. The van der Waals surface area contributed by atoms with Crippen LogP contribution < -0.4 is 10.5 Å². The van der Waals surface area contributed by atoms with Gasteiger partial charge < -0.3 is 10.5 Å². The van der Waals surface area contributed by atoms with Gasteiger partial charge in [0.1, 0.15) is 5.75 Å². The smallest absolute Gasteiger partial charge is 0.118 e. The third-order valence-corrected chi connectivity index (χ3v) is 4.10. The van der Waals surface area contributed by atoms with E-state index in [9.17, 15) is 0 Å². The molecule has 106 valence electrons. The molecule has 0 aliphatic heterocycles. The van der Waals surface area contributed by atoms with Crippen LogP contribution in [0.15, 0.2) is 46.9 Å². The Hall–Kier alpha value is -1.03. The predicted octanol–water partition coefficient (Wildman–Crippen LogP) is 4.74. The first kappa shape index (κ1) is 15.4. The van der Waals surface area contributed by atoms with Crippen LogP contribution in [-0.4, -0.2) is 7.11 Å². The lowest BCUT2D eigenvalue weighted by Gasteiger charge is -2.14. The Kier molecular flexibility index (Phi) is 5.46. The van der Waals surface area contributed by atoms with E-state index in [0.717, 1.165) is 33.6 Å². The van der Waals surface area contributed by atoms with E-state index in [4.69, 9.17) is 22.1 Å². The van der Waals surface area contributed by atoms with E-state index in [1.54, 1.807) is 7.11 Å². The van der Waals surface area contributed by atoms with E-state index < -0.39 is 0 Å². The first-order valence-corrected chi connectivity index (χ1v) is 7.60. The molecule has 0 radical (unpaired) electrons. The van der Waals surface area contributed by atoms with Gasteiger partial charge in [0, 0.05) is 15.5 Å². The largest absolute Gasteiger partial charge is 0.497 e. The summed E-state index contributed by atoms with van der Waals surface area (Å²) < 4.78 is 6.14. The third-order valence-electron chi connectivity index (χ3n) is 3.26.